The van der Waals surface area contributed by atoms with Crippen molar-refractivity contribution in [3.8, 4) is 0 Å². The van der Waals surface area contributed by atoms with E-state index in [0.717, 1.165) is 25.7 Å². The van der Waals surface area contributed by atoms with Gasteiger partial charge in [0.2, 0.25) is 0 Å². The van der Waals surface area contributed by atoms with Crippen LogP contribution in [0.2, 0.25) is 0 Å². The third kappa shape index (κ3) is 6.10. The van der Waals surface area contributed by atoms with Crippen LogP contribution in [0.25, 0.3) is 0 Å². The van der Waals surface area contributed by atoms with Crippen LogP contribution in [0.5, 0.6) is 0 Å². The van der Waals surface area contributed by atoms with Crippen LogP contribution in [0.15, 0.2) is 0 Å². The molecule has 0 aromatic heterocycles. The lowest BCUT2D eigenvalue weighted by atomic mass is 9.99. The molecule has 17 heavy (non-hydrogen) atoms. The molecule has 1 aliphatic rings. The average molecular weight is 257 g/mol. The van der Waals surface area contributed by atoms with E-state index in [-0.39, 0.29) is 5.92 Å². The van der Waals surface area contributed by atoms with Gasteiger partial charge in [0.25, 0.3) is 0 Å². The third-order valence-corrected chi connectivity index (χ3v) is 2.44. The molecule has 1 saturated carbocycles. The second kappa shape index (κ2) is 6.43. The zero-order chi connectivity index (χ0) is 13.6. The molecule has 100 valence electrons. The highest BCUT2D eigenvalue weighted by Gasteiger charge is 2.38. The smallest absolute Gasteiger partial charge is 0.480 e. The van der Waals surface area contributed by atoms with Gasteiger partial charge in [0.05, 0.1) is 0 Å². The van der Waals surface area contributed by atoms with Gasteiger partial charge >= 0.3 is 18.1 Å². The minimum atomic E-state index is -5.08. The lowest BCUT2D eigenvalue weighted by molar-refractivity contribution is -0.192. The monoisotopic (exact) mass is 257 g/mol. The lowest BCUT2D eigenvalue weighted by Crippen LogP contribution is -2.36. The van der Waals surface area contributed by atoms with Crippen molar-refractivity contribution in [2.24, 2.45) is 11.7 Å². The van der Waals surface area contributed by atoms with Crippen LogP contribution in [-0.4, -0.2) is 34.4 Å². The fourth-order valence-corrected chi connectivity index (χ4v) is 1.52. The summed E-state index contributed by atoms with van der Waals surface area (Å²) in [7, 11) is 0. The number of rotatable bonds is 2. The number of carbonyl (C=O) groups is 2. The minimum absolute atomic E-state index is 0.234. The van der Waals surface area contributed by atoms with Crippen LogP contribution in [0.3, 0.4) is 0 Å². The molecule has 8 heteroatoms. The standard InChI is InChI=1S/C7H13NO2.C2HF3O2/c8-6(7(9)10)5-3-1-2-4-5;3-2(4,5)1(6)7/h5-6H,1-4,8H2,(H,9,10);(H,6,7)/t6-;/m0./s1. The Kier molecular flexibility index (Phi) is 5.94. The zero-order valence-electron chi connectivity index (χ0n) is 8.91. The van der Waals surface area contributed by atoms with Crippen molar-refractivity contribution in [2.75, 3.05) is 0 Å². The second-order valence-electron chi connectivity index (χ2n) is 3.71. The van der Waals surface area contributed by atoms with Crippen LogP contribution in [-0.2, 0) is 9.59 Å². The summed E-state index contributed by atoms with van der Waals surface area (Å²) in [6.07, 6.45) is -0.807. The molecule has 1 aliphatic carbocycles. The van der Waals surface area contributed by atoms with E-state index < -0.39 is 24.2 Å². The van der Waals surface area contributed by atoms with Crippen LogP contribution in [0, 0.1) is 5.92 Å². The molecule has 0 radical (unpaired) electrons. The average Bonchev–Trinajstić information content (AvgIpc) is 2.68. The molecule has 0 aliphatic heterocycles. The molecule has 0 unspecified atom stereocenters. The molecule has 0 bridgehead atoms. The van der Waals surface area contributed by atoms with Gasteiger partial charge in [-0.05, 0) is 18.8 Å². The molecule has 0 amide bonds. The normalized spacial score (nSPS) is 18.1. The van der Waals surface area contributed by atoms with E-state index in [4.69, 9.17) is 20.7 Å². The van der Waals surface area contributed by atoms with Gasteiger partial charge in [-0.3, -0.25) is 4.79 Å². The minimum Gasteiger partial charge on any atom is -0.480 e. The van der Waals surface area contributed by atoms with Crippen LogP contribution < -0.4 is 5.73 Å². The number of halogens is 3. The molecule has 0 spiro atoms. The number of hydrogen-bond acceptors (Lipinski definition) is 3. The van der Waals surface area contributed by atoms with Gasteiger partial charge in [0.1, 0.15) is 6.04 Å². The molecule has 1 atom stereocenters. The van der Waals surface area contributed by atoms with Crippen molar-refractivity contribution in [2.45, 2.75) is 37.9 Å². The summed E-state index contributed by atoms with van der Waals surface area (Å²) in [5, 5.41) is 15.6. The Bertz CT molecular complexity index is 274. The van der Waals surface area contributed by atoms with Gasteiger partial charge in [-0.1, -0.05) is 12.8 Å². The van der Waals surface area contributed by atoms with Crippen molar-refractivity contribution < 1.29 is 33.0 Å². The molecule has 0 heterocycles. The van der Waals surface area contributed by atoms with Gasteiger partial charge < -0.3 is 15.9 Å². The van der Waals surface area contributed by atoms with Crippen LogP contribution in [0.1, 0.15) is 25.7 Å². The van der Waals surface area contributed by atoms with Crippen molar-refractivity contribution in [3.63, 3.8) is 0 Å². The second-order valence-corrected chi connectivity index (χ2v) is 3.71. The predicted octanol–water partition coefficient (Wildman–Crippen LogP) is 1.22. The summed E-state index contributed by atoms with van der Waals surface area (Å²) in [6.45, 7) is 0. The molecular formula is C9H14F3NO4. The fourth-order valence-electron chi connectivity index (χ4n) is 1.52. The first kappa shape index (κ1) is 15.7. The number of nitrogens with two attached hydrogens (primary N) is 1. The maximum absolute atomic E-state index is 10.6. The largest absolute Gasteiger partial charge is 0.490 e. The van der Waals surface area contributed by atoms with E-state index in [1.807, 2.05) is 0 Å². The maximum Gasteiger partial charge on any atom is 0.490 e. The first-order chi connectivity index (χ1) is 7.66. The van der Waals surface area contributed by atoms with Gasteiger partial charge in [-0.25, -0.2) is 4.79 Å². The molecular weight excluding hydrogens is 243 g/mol. The highest BCUT2D eigenvalue weighted by molar-refractivity contribution is 5.73. The van der Waals surface area contributed by atoms with Gasteiger partial charge in [0, 0.05) is 0 Å². The Morgan fingerprint density at radius 3 is 1.76 bits per heavy atom. The van der Waals surface area contributed by atoms with Crippen molar-refractivity contribution in [1.82, 2.24) is 0 Å². The van der Waals surface area contributed by atoms with E-state index in [1.165, 1.54) is 0 Å². The molecule has 5 nitrogen and oxygen atoms in total. The Hall–Kier alpha value is -1.31. The van der Waals surface area contributed by atoms with Gasteiger partial charge in [-0.2, -0.15) is 13.2 Å². The van der Waals surface area contributed by atoms with Gasteiger partial charge in [-0.15, -0.1) is 0 Å². The SMILES string of the molecule is N[C@H](C(=O)O)C1CCCC1.O=C(O)C(F)(F)F. The molecule has 0 aromatic rings. The molecule has 1 rings (SSSR count). The van der Waals surface area contributed by atoms with E-state index >= 15 is 0 Å². The molecule has 4 N–H and O–H groups in total. The lowest BCUT2D eigenvalue weighted by Gasteiger charge is -2.12. The third-order valence-electron chi connectivity index (χ3n) is 2.44. The van der Waals surface area contributed by atoms with E-state index in [0.29, 0.717) is 0 Å². The Balaban J connectivity index is 0.000000325. The fraction of sp³-hybridized carbons (Fsp3) is 0.778. The number of carboxylic acids is 2. The first-order valence-electron chi connectivity index (χ1n) is 4.94. The topological polar surface area (TPSA) is 101 Å². The van der Waals surface area contributed by atoms with Crippen LogP contribution in [0.4, 0.5) is 13.2 Å². The maximum atomic E-state index is 10.6. The van der Waals surface area contributed by atoms with Crippen molar-refractivity contribution in [1.29, 1.82) is 0 Å². The number of carboxylic acid groups (broad SMARTS) is 2. The van der Waals surface area contributed by atoms with E-state index in [1.54, 1.807) is 0 Å². The van der Waals surface area contributed by atoms with Crippen molar-refractivity contribution >= 4 is 11.9 Å². The molecule has 1 fully saturated rings. The molecule has 0 saturated heterocycles. The summed E-state index contributed by atoms with van der Waals surface area (Å²) >= 11 is 0. The van der Waals surface area contributed by atoms with E-state index in [9.17, 15) is 18.0 Å². The quantitative estimate of drug-likeness (QED) is 0.690. The Labute approximate surface area is 95.4 Å². The highest BCUT2D eigenvalue weighted by Crippen LogP contribution is 2.26. The number of hydrogen-bond donors (Lipinski definition) is 3. The van der Waals surface area contributed by atoms with Crippen LogP contribution >= 0.6 is 0 Å². The predicted molar refractivity (Wildman–Crippen MR) is 51.3 cm³/mol. The first-order valence-corrected chi connectivity index (χ1v) is 4.94. The van der Waals surface area contributed by atoms with Crippen molar-refractivity contribution in [3.05, 3.63) is 0 Å². The summed E-state index contributed by atoms with van der Waals surface area (Å²) in [4.78, 5) is 19.3. The highest BCUT2D eigenvalue weighted by atomic mass is 19.4. The summed E-state index contributed by atoms with van der Waals surface area (Å²) in [6, 6.07) is -0.623. The Morgan fingerprint density at radius 1 is 1.18 bits per heavy atom. The number of alkyl halides is 3. The van der Waals surface area contributed by atoms with Gasteiger partial charge in [0.15, 0.2) is 0 Å². The molecule has 0 aromatic carbocycles. The zero-order valence-corrected chi connectivity index (χ0v) is 8.91. The van der Waals surface area contributed by atoms with E-state index in [2.05, 4.69) is 0 Å². The summed E-state index contributed by atoms with van der Waals surface area (Å²) in [5.74, 6) is -3.38. The number of aliphatic carboxylic acids is 2. The Morgan fingerprint density at radius 2 is 1.53 bits per heavy atom. The summed E-state index contributed by atoms with van der Waals surface area (Å²) < 4.78 is 31.7. The summed E-state index contributed by atoms with van der Waals surface area (Å²) in [5.41, 5.74) is 5.42.